The van der Waals surface area contributed by atoms with Crippen LogP contribution in [-0.2, 0) is 16.1 Å². The number of nitrogens with zero attached hydrogens (tertiary/aromatic N) is 3. The summed E-state index contributed by atoms with van der Waals surface area (Å²) in [6.07, 6.45) is 0. The van der Waals surface area contributed by atoms with E-state index in [-0.39, 0.29) is 6.61 Å². The Balaban J connectivity index is 2.18. The molecule has 0 spiro atoms. The van der Waals surface area contributed by atoms with E-state index in [1.807, 2.05) is 50.5 Å². The molecule has 0 aliphatic carbocycles. The average molecular weight is 307 g/mol. The van der Waals surface area contributed by atoms with Crippen LogP contribution in [0.4, 0.5) is 11.4 Å². The van der Waals surface area contributed by atoms with E-state index >= 15 is 0 Å². The van der Waals surface area contributed by atoms with Gasteiger partial charge in [-0.25, -0.2) is 0 Å². The molecule has 5 nitrogen and oxygen atoms in total. The zero-order chi connectivity index (χ0) is 16.4. The highest BCUT2D eigenvalue weighted by Crippen LogP contribution is 2.42. The average Bonchev–Trinajstić information content (AvgIpc) is 2.87. The maximum absolute atomic E-state index is 10.5. The molecule has 3 rings (SSSR count). The normalized spacial score (nSPS) is 12.7. The first kappa shape index (κ1) is 14.9. The third kappa shape index (κ3) is 2.49. The topological polar surface area (TPSA) is 56.6 Å². The van der Waals surface area contributed by atoms with Crippen LogP contribution >= 0.6 is 0 Å². The van der Waals surface area contributed by atoms with Crippen molar-refractivity contribution in [2.24, 2.45) is 0 Å². The van der Waals surface area contributed by atoms with Crippen molar-refractivity contribution in [1.82, 2.24) is 0 Å². The Morgan fingerprint density at radius 2 is 1.96 bits per heavy atom. The van der Waals surface area contributed by atoms with E-state index in [2.05, 4.69) is 15.9 Å². The summed E-state index contributed by atoms with van der Waals surface area (Å²) in [4.78, 5) is 14.7. The molecular formula is C18H17N3O2. The summed E-state index contributed by atoms with van der Waals surface area (Å²) in [5.41, 5.74) is 5.29. The van der Waals surface area contributed by atoms with Crippen molar-refractivity contribution < 1.29 is 9.53 Å². The molecule has 0 bridgehead atoms. The molecule has 0 amide bonds. The fourth-order valence-corrected chi connectivity index (χ4v) is 3.11. The van der Waals surface area contributed by atoms with Gasteiger partial charge in [0.2, 0.25) is 0 Å². The molecule has 0 atom stereocenters. The monoisotopic (exact) mass is 307 g/mol. The molecule has 23 heavy (non-hydrogen) atoms. The van der Waals surface area contributed by atoms with Gasteiger partial charge in [0.25, 0.3) is 6.47 Å². The summed E-state index contributed by atoms with van der Waals surface area (Å²) in [5.74, 6) is 0. The predicted molar refractivity (Wildman–Crippen MR) is 89.1 cm³/mol. The number of hydrogen-bond donors (Lipinski definition) is 0. The number of anilines is 2. The fourth-order valence-electron chi connectivity index (χ4n) is 3.11. The first-order valence-electron chi connectivity index (χ1n) is 7.30. The molecule has 0 aromatic heterocycles. The van der Waals surface area contributed by atoms with Crippen LogP contribution in [0.25, 0.3) is 11.1 Å². The molecule has 0 N–H and O–H groups in total. The molecule has 1 aliphatic heterocycles. The van der Waals surface area contributed by atoms with Crippen LogP contribution in [0.15, 0.2) is 36.4 Å². The lowest BCUT2D eigenvalue weighted by molar-refractivity contribution is -0.129. The van der Waals surface area contributed by atoms with Crippen molar-refractivity contribution in [3.05, 3.63) is 47.5 Å². The quantitative estimate of drug-likeness (QED) is 0.813. The van der Waals surface area contributed by atoms with Gasteiger partial charge in [0.15, 0.2) is 0 Å². The molecule has 0 fully saturated rings. The Kier molecular flexibility index (Phi) is 3.90. The van der Waals surface area contributed by atoms with E-state index in [0.29, 0.717) is 12.0 Å². The van der Waals surface area contributed by atoms with Crippen LogP contribution in [0.2, 0.25) is 0 Å². The van der Waals surface area contributed by atoms with Gasteiger partial charge in [0.05, 0.1) is 23.6 Å². The Hall–Kier alpha value is -3.00. The van der Waals surface area contributed by atoms with Gasteiger partial charge in [-0.1, -0.05) is 30.3 Å². The molecule has 0 saturated heterocycles. The predicted octanol–water partition coefficient (Wildman–Crippen LogP) is 2.74. The number of fused-ring (bicyclic) bond motifs is 1. The minimum Gasteiger partial charge on any atom is -0.463 e. The van der Waals surface area contributed by atoms with E-state index in [1.54, 1.807) is 0 Å². The lowest BCUT2D eigenvalue weighted by atomic mass is 9.94. The van der Waals surface area contributed by atoms with E-state index in [4.69, 9.17) is 4.74 Å². The fraction of sp³-hybridized carbons (Fsp3) is 0.222. The van der Waals surface area contributed by atoms with Gasteiger partial charge in [0.1, 0.15) is 12.7 Å². The number of rotatable bonds is 4. The number of hydrogen-bond acceptors (Lipinski definition) is 5. The second-order valence-electron chi connectivity index (χ2n) is 5.57. The highest BCUT2D eigenvalue weighted by atomic mass is 16.5. The van der Waals surface area contributed by atoms with Crippen molar-refractivity contribution in [1.29, 1.82) is 5.26 Å². The van der Waals surface area contributed by atoms with Crippen molar-refractivity contribution in [3.63, 3.8) is 0 Å². The lowest BCUT2D eigenvalue weighted by Crippen LogP contribution is -2.24. The number of carbonyl (C=O) groups is 1. The van der Waals surface area contributed by atoms with Gasteiger partial charge in [-0.3, -0.25) is 4.79 Å². The maximum atomic E-state index is 10.5. The molecule has 1 aliphatic rings. The first-order valence-corrected chi connectivity index (χ1v) is 7.30. The number of nitriles is 1. The van der Waals surface area contributed by atoms with Gasteiger partial charge in [-0.05, 0) is 17.2 Å². The van der Waals surface area contributed by atoms with Gasteiger partial charge in [-0.2, -0.15) is 5.26 Å². The Morgan fingerprint density at radius 1 is 1.17 bits per heavy atom. The van der Waals surface area contributed by atoms with E-state index in [0.717, 1.165) is 34.7 Å². The molecule has 2 aromatic carbocycles. The molecule has 0 saturated carbocycles. The third-order valence-electron chi connectivity index (χ3n) is 4.10. The van der Waals surface area contributed by atoms with E-state index in [1.165, 1.54) is 0 Å². The van der Waals surface area contributed by atoms with Crippen LogP contribution in [0.1, 0.15) is 11.1 Å². The highest BCUT2D eigenvalue weighted by Gasteiger charge is 2.26. The molecule has 0 radical (unpaired) electrons. The van der Waals surface area contributed by atoms with Crippen LogP contribution in [0.3, 0.4) is 0 Å². The summed E-state index contributed by atoms with van der Waals surface area (Å²) in [7, 11) is 3.99. The van der Waals surface area contributed by atoms with Crippen LogP contribution in [-0.4, -0.2) is 27.2 Å². The maximum Gasteiger partial charge on any atom is 0.293 e. The minimum atomic E-state index is 0.192. The zero-order valence-corrected chi connectivity index (χ0v) is 13.1. The van der Waals surface area contributed by atoms with Gasteiger partial charge in [-0.15, -0.1) is 0 Å². The van der Waals surface area contributed by atoms with Crippen molar-refractivity contribution in [2.45, 2.75) is 6.61 Å². The Morgan fingerprint density at radius 3 is 2.70 bits per heavy atom. The molecule has 2 aromatic rings. The third-order valence-corrected chi connectivity index (χ3v) is 4.10. The van der Waals surface area contributed by atoms with Crippen molar-refractivity contribution in [3.8, 4) is 17.2 Å². The Bertz CT molecular complexity index is 795. The van der Waals surface area contributed by atoms with Crippen molar-refractivity contribution in [2.75, 3.05) is 30.6 Å². The largest absolute Gasteiger partial charge is 0.463 e. The second kappa shape index (κ2) is 6.01. The van der Waals surface area contributed by atoms with E-state index in [9.17, 15) is 10.1 Å². The summed E-state index contributed by atoms with van der Waals surface area (Å²) in [5, 5.41) is 9.73. The second-order valence-corrected chi connectivity index (χ2v) is 5.57. The minimum absolute atomic E-state index is 0.192. The van der Waals surface area contributed by atoms with Gasteiger partial charge < -0.3 is 14.5 Å². The standard InChI is InChI=1S/C18H17N3O2/c1-20-11-21(2)18-16(9-19)15(7-8-17(18)20)14-6-4-3-5-13(14)10-23-12-22/h3-8,12H,10-11H2,1-2H3. The van der Waals surface area contributed by atoms with E-state index < -0.39 is 0 Å². The van der Waals surface area contributed by atoms with Gasteiger partial charge >= 0.3 is 0 Å². The molecule has 0 unspecified atom stereocenters. The lowest BCUT2D eigenvalue weighted by Gasteiger charge is -2.16. The molecular weight excluding hydrogens is 290 g/mol. The smallest absolute Gasteiger partial charge is 0.293 e. The number of carbonyl (C=O) groups excluding carboxylic acids is 1. The zero-order valence-electron chi connectivity index (χ0n) is 13.1. The Labute approximate surface area is 135 Å². The molecule has 5 heteroatoms. The highest BCUT2D eigenvalue weighted by molar-refractivity contribution is 5.89. The molecule has 1 heterocycles. The summed E-state index contributed by atoms with van der Waals surface area (Å²) < 4.78 is 4.90. The molecule has 116 valence electrons. The van der Waals surface area contributed by atoms with Crippen LogP contribution in [0, 0.1) is 11.3 Å². The first-order chi connectivity index (χ1) is 11.2. The number of benzene rings is 2. The van der Waals surface area contributed by atoms with Crippen molar-refractivity contribution >= 4 is 17.8 Å². The summed E-state index contributed by atoms with van der Waals surface area (Å²) in [6, 6.07) is 14.0. The summed E-state index contributed by atoms with van der Waals surface area (Å²) in [6.45, 7) is 1.38. The number of ether oxygens (including phenoxy) is 1. The SMILES string of the molecule is CN1CN(C)c2c1ccc(-c1ccccc1COC=O)c2C#N. The van der Waals surface area contributed by atoms with Crippen LogP contribution in [0.5, 0.6) is 0 Å². The summed E-state index contributed by atoms with van der Waals surface area (Å²) >= 11 is 0. The van der Waals surface area contributed by atoms with Gasteiger partial charge in [0, 0.05) is 19.7 Å². The van der Waals surface area contributed by atoms with Crippen LogP contribution < -0.4 is 9.80 Å².